The molecule has 1 aromatic rings. The molecule has 88 valence electrons. The molecule has 0 spiro atoms. The number of halogens is 1. The van der Waals surface area contributed by atoms with Gasteiger partial charge >= 0.3 is 0 Å². The largest absolute Gasteiger partial charge is 0.261 e. The first-order chi connectivity index (χ1) is 7.74. The van der Waals surface area contributed by atoms with Gasteiger partial charge in [-0.3, -0.25) is 4.98 Å². The van der Waals surface area contributed by atoms with Crippen LogP contribution < -0.4 is 0 Å². The van der Waals surface area contributed by atoms with Crippen molar-refractivity contribution in [1.82, 2.24) is 4.98 Å². The molecule has 1 heterocycles. The van der Waals surface area contributed by atoms with Gasteiger partial charge in [-0.05, 0) is 30.9 Å². The lowest BCUT2D eigenvalue weighted by Gasteiger charge is -2.14. The molecule has 2 heteroatoms. The van der Waals surface area contributed by atoms with E-state index in [0.29, 0.717) is 0 Å². The molecule has 1 aromatic heterocycles. The van der Waals surface area contributed by atoms with Gasteiger partial charge in [-0.25, -0.2) is 0 Å². The van der Waals surface area contributed by atoms with Gasteiger partial charge in [0.2, 0.25) is 0 Å². The van der Waals surface area contributed by atoms with Crippen molar-refractivity contribution >= 4 is 11.6 Å². The first-order valence-electron chi connectivity index (χ1n) is 6.29. The Labute approximate surface area is 103 Å². The second kappa shape index (κ2) is 5.67. The van der Waals surface area contributed by atoms with E-state index >= 15 is 0 Å². The molecule has 1 unspecified atom stereocenters. The van der Waals surface area contributed by atoms with Crippen LogP contribution in [0.3, 0.4) is 0 Å². The highest BCUT2D eigenvalue weighted by Gasteiger charge is 2.19. The van der Waals surface area contributed by atoms with Crippen molar-refractivity contribution in [1.29, 1.82) is 0 Å². The van der Waals surface area contributed by atoms with Crippen LogP contribution in [0, 0.1) is 12.8 Å². The van der Waals surface area contributed by atoms with Crippen LogP contribution >= 0.6 is 11.6 Å². The average molecular weight is 238 g/mol. The summed E-state index contributed by atoms with van der Waals surface area (Å²) in [6.07, 6.45) is 9.56. The quantitative estimate of drug-likeness (QED) is 0.718. The van der Waals surface area contributed by atoms with Gasteiger partial charge in [-0.2, -0.15) is 0 Å². The number of alkyl halides is 1. The highest BCUT2D eigenvalue weighted by atomic mass is 35.5. The summed E-state index contributed by atoms with van der Waals surface area (Å²) in [6, 6.07) is 4.21. The summed E-state index contributed by atoms with van der Waals surface area (Å²) in [6.45, 7) is 2.06. The van der Waals surface area contributed by atoms with E-state index in [1.165, 1.54) is 31.2 Å². The summed E-state index contributed by atoms with van der Waals surface area (Å²) in [5, 5.41) is 0.262. The van der Waals surface area contributed by atoms with Crippen molar-refractivity contribution in [2.45, 2.75) is 50.8 Å². The molecular formula is C14H20ClN. The van der Waals surface area contributed by atoms with Crippen molar-refractivity contribution in [3.8, 4) is 0 Å². The van der Waals surface area contributed by atoms with E-state index in [4.69, 9.17) is 11.6 Å². The molecule has 2 rings (SSSR count). The topological polar surface area (TPSA) is 12.9 Å². The van der Waals surface area contributed by atoms with Crippen molar-refractivity contribution in [3.05, 3.63) is 29.6 Å². The zero-order valence-electron chi connectivity index (χ0n) is 9.95. The SMILES string of the molecule is Cc1ccc(CC(Cl)CC2CCCC2)nc1. The summed E-state index contributed by atoms with van der Waals surface area (Å²) in [5.41, 5.74) is 2.34. The number of nitrogens with zero attached hydrogens (tertiary/aromatic N) is 1. The Kier molecular flexibility index (Phi) is 4.22. The number of pyridine rings is 1. The third kappa shape index (κ3) is 3.48. The van der Waals surface area contributed by atoms with Crippen LogP contribution in [-0.2, 0) is 6.42 Å². The fraction of sp³-hybridized carbons (Fsp3) is 0.643. The lowest BCUT2D eigenvalue weighted by Crippen LogP contribution is -2.10. The highest BCUT2D eigenvalue weighted by molar-refractivity contribution is 6.20. The van der Waals surface area contributed by atoms with Crippen molar-refractivity contribution in [2.24, 2.45) is 5.92 Å². The maximum absolute atomic E-state index is 6.40. The predicted molar refractivity (Wildman–Crippen MR) is 68.9 cm³/mol. The van der Waals surface area contributed by atoms with Crippen LogP contribution in [0.5, 0.6) is 0 Å². The zero-order chi connectivity index (χ0) is 11.4. The normalized spacial score (nSPS) is 18.9. The van der Waals surface area contributed by atoms with Crippen molar-refractivity contribution in [2.75, 3.05) is 0 Å². The highest BCUT2D eigenvalue weighted by Crippen LogP contribution is 2.30. The van der Waals surface area contributed by atoms with Crippen LogP contribution in [0.1, 0.15) is 43.4 Å². The molecule has 1 fully saturated rings. The molecule has 0 N–H and O–H groups in total. The Bertz CT molecular complexity index is 314. The maximum atomic E-state index is 6.40. The van der Waals surface area contributed by atoms with Crippen molar-refractivity contribution in [3.63, 3.8) is 0 Å². The number of aromatic nitrogens is 1. The van der Waals surface area contributed by atoms with E-state index in [0.717, 1.165) is 24.5 Å². The first-order valence-corrected chi connectivity index (χ1v) is 6.73. The zero-order valence-corrected chi connectivity index (χ0v) is 10.7. The van der Waals surface area contributed by atoms with Gasteiger partial charge in [0.25, 0.3) is 0 Å². The van der Waals surface area contributed by atoms with E-state index in [1.807, 2.05) is 6.20 Å². The molecule has 1 atom stereocenters. The van der Waals surface area contributed by atoms with Crippen LogP contribution in [0.25, 0.3) is 0 Å². The number of hydrogen-bond acceptors (Lipinski definition) is 1. The van der Waals surface area contributed by atoms with Gasteiger partial charge in [0.1, 0.15) is 0 Å². The van der Waals surface area contributed by atoms with Crippen LogP contribution in [0.4, 0.5) is 0 Å². The van der Waals surface area contributed by atoms with Crippen LogP contribution in [0.15, 0.2) is 18.3 Å². The molecule has 0 bridgehead atoms. The number of hydrogen-bond donors (Lipinski definition) is 0. The lowest BCUT2D eigenvalue weighted by atomic mass is 9.99. The summed E-state index contributed by atoms with van der Waals surface area (Å²) >= 11 is 6.40. The van der Waals surface area contributed by atoms with Crippen LogP contribution in [0.2, 0.25) is 0 Å². The first kappa shape index (κ1) is 11.9. The van der Waals surface area contributed by atoms with E-state index < -0.39 is 0 Å². The van der Waals surface area contributed by atoms with E-state index in [9.17, 15) is 0 Å². The third-order valence-electron chi connectivity index (χ3n) is 3.47. The minimum absolute atomic E-state index is 0.262. The van der Waals surface area contributed by atoms with E-state index in [-0.39, 0.29) is 5.38 Å². The van der Waals surface area contributed by atoms with Gasteiger partial charge in [-0.1, -0.05) is 31.7 Å². The van der Waals surface area contributed by atoms with Gasteiger partial charge in [0, 0.05) is 23.7 Å². The molecular weight excluding hydrogens is 218 g/mol. The molecule has 1 nitrogen and oxygen atoms in total. The standard InChI is InChI=1S/C14H20ClN/c1-11-6-7-14(16-10-11)9-13(15)8-12-4-2-3-5-12/h6-7,10,12-13H,2-5,8-9H2,1H3. The molecule has 1 saturated carbocycles. The molecule has 0 radical (unpaired) electrons. The monoisotopic (exact) mass is 237 g/mol. The second-order valence-electron chi connectivity index (χ2n) is 5.01. The Balaban J connectivity index is 1.81. The smallest absolute Gasteiger partial charge is 0.0418 e. The van der Waals surface area contributed by atoms with Crippen LogP contribution in [-0.4, -0.2) is 10.4 Å². The summed E-state index contributed by atoms with van der Waals surface area (Å²) < 4.78 is 0. The maximum Gasteiger partial charge on any atom is 0.0418 e. The summed E-state index contributed by atoms with van der Waals surface area (Å²) in [7, 11) is 0. The van der Waals surface area contributed by atoms with Crippen molar-refractivity contribution < 1.29 is 0 Å². The van der Waals surface area contributed by atoms with E-state index in [2.05, 4.69) is 24.0 Å². The molecule has 1 aliphatic rings. The number of aryl methyl sites for hydroxylation is 1. The van der Waals surface area contributed by atoms with Gasteiger partial charge in [0.15, 0.2) is 0 Å². The molecule has 0 aromatic carbocycles. The Hall–Kier alpha value is -0.560. The second-order valence-corrected chi connectivity index (χ2v) is 5.63. The number of rotatable bonds is 4. The Morgan fingerprint density at radius 2 is 2.12 bits per heavy atom. The fourth-order valence-corrected chi connectivity index (χ4v) is 2.95. The predicted octanol–water partition coefficient (Wildman–Crippen LogP) is 4.12. The summed E-state index contributed by atoms with van der Waals surface area (Å²) in [5.74, 6) is 0.868. The summed E-state index contributed by atoms with van der Waals surface area (Å²) in [4.78, 5) is 4.41. The lowest BCUT2D eigenvalue weighted by molar-refractivity contribution is 0.487. The molecule has 0 amide bonds. The Morgan fingerprint density at radius 1 is 1.38 bits per heavy atom. The van der Waals surface area contributed by atoms with Gasteiger partial charge < -0.3 is 0 Å². The van der Waals surface area contributed by atoms with Gasteiger partial charge in [0.05, 0.1) is 0 Å². The molecule has 16 heavy (non-hydrogen) atoms. The average Bonchev–Trinajstić information content (AvgIpc) is 2.74. The third-order valence-corrected chi connectivity index (χ3v) is 3.80. The Morgan fingerprint density at radius 3 is 2.75 bits per heavy atom. The minimum atomic E-state index is 0.262. The molecule has 0 saturated heterocycles. The molecule has 1 aliphatic carbocycles. The van der Waals surface area contributed by atoms with Gasteiger partial charge in [-0.15, -0.1) is 11.6 Å². The fourth-order valence-electron chi connectivity index (χ4n) is 2.54. The molecule has 0 aliphatic heterocycles. The van der Waals surface area contributed by atoms with E-state index in [1.54, 1.807) is 0 Å². The minimum Gasteiger partial charge on any atom is -0.261 e.